The maximum absolute atomic E-state index is 8.31. The molecule has 0 aromatic heterocycles. The van der Waals surface area contributed by atoms with Gasteiger partial charge in [-0.05, 0) is 32.4 Å². The molecule has 0 bridgehead atoms. The highest BCUT2D eigenvalue weighted by Gasteiger charge is 2.08. The van der Waals surface area contributed by atoms with Crippen LogP contribution in [0.3, 0.4) is 0 Å². The van der Waals surface area contributed by atoms with Crippen LogP contribution in [0, 0.1) is 17.8 Å². The van der Waals surface area contributed by atoms with Crippen molar-refractivity contribution in [2.45, 2.75) is 19.3 Å². The van der Waals surface area contributed by atoms with E-state index in [0.717, 1.165) is 19.6 Å². The van der Waals surface area contributed by atoms with Crippen LogP contribution in [0.1, 0.15) is 19.3 Å². The van der Waals surface area contributed by atoms with E-state index < -0.39 is 0 Å². The van der Waals surface area contributed by atoms with Gasteiger partial charge in [0, 0.05) is 13.0 Å². The predicted octanol–water partition coefficient (Wildman–Crippen LogP) is 1.20. The van der Waals surface area contributed by atoms with Crippen molar-refractivity contribution in [3.8, 4) is 6.07 Å². The van der Waals surface area contributed by atoms with Crippen LogP contribution in [0.4, 0.5) is 0 Å². The third-order valence-electron chi connectivity index (χ3n) is 1.84. The fourth-order valence-electron chi connectivity index (χ4n) is 1.24. The van der Waals surface area contributed by atoms with Crippen LogP contribution >= 0.6 is 0 Å². The van der Waals surface area contributed by atoms with Crippen molar-refractivity contribution in [3.63, 3.8) is 0 Å². The van der Waals surface area contributed by atoms with Crippen LogP contribution in [-0.4, -0.2) is 24.5 Å². The standard InChI is InChI=1S/C8H13N2/c9-5-4-8-10-6-2-1-3-7-10/h1H,2-4,6-8H2. The molecule has 55 valence electrons. The number of piperidine rings is 1. The maximum Gasteiger partial charge on any atom is 0.0635 e. The summed E-state index contributed by atoms with van der Waals surface area (Å²) in [6.07, 6.45) is 5.40. The molecular weight excluding hydrogens is 124 g/mol. The summed E-state index contributed by atoms with van der Waals surface area (Å²) >= 11 is 0. The minimum Gasteiger partial charge on any atom is -0.302 e. The van der Waals surface area contributed by atoms with Gasteiger partial charge in [-0.3, -0.25) is 0 Å². The lowest BCUT2D eigenvalue weighted by atomic mass is 10.1. The Morgan fingerprint density at radius 2 is 2.10 bits per heavy atom. The monoisotopic (exact) mass is 137 g/mol. The topological polar surface area (TPSA) is 27.0 Å². The van der Waals surface area contributed by atoms with E-state index in [1.165, 1.54) is 12.8 Å². The van der Waals surface area contributed by atoms with Crippen molar-refractivity contribution in [1.29, 1.82) is 5.26 Å². The molecule has 0 amide bonds. The molecule has 0 aliphatic carbocycles. The molecule has 2 heteroatoms. The molecule has 0 spiro atoms. The van der Waals surface area contributed by atoms with E-state index in [0.29, 0.717) is 6.42 Å². The van der Waals surface area contributed by atoms with Gasteiger partial charge in [-0.2, -0.15) is 5.26 Å². The summed E-state index contributed by atoms with van der Waals surface area (Å²) in [6, 6.07) is 2.16. The van der Waals surface area contributed by atoms with Gasteiger partial charge in [0.05, 0.1) is 6.07 Å². The van der Waals surface area contributed by atoms with Crippen molar-refractivity contribution in [1.82, 2.24) is 4.90 Å². The van der Waals surface area contributed by atoms with Gasteiger partial charge in [-0.15, -0.1) is 0 Å². The van der Waals surface area contributed by atoms with E-state index >= 15 is 0 Å². The van der Waals surface area contributed by atoms with E-state index in [4.69, 9.17) is 5.26 Å². The minimum atomic E-state index is 0.681. The molecule has 0 saturated carbocycles. The molecule has 1 heterocycles. The predicted molar refractivity (Wildman–Crippen MR) is 40.2 cm³/mol. The SMILES string of the molecule is N#CCCN1CC[CH]CC1. The van der Waals surface area contributed by atoms with E-state index in [9.17, 15) is 0 Å². The Labute approximate surface area is 62.4 Å². The van der Waals surface area contributed by atoms with Crippen molar-refractivity contribution in [3.05, 3.63) is 6.42 Å². The van der Waals surface area contributed by atoms with E-state index in [1.54, 1.807) is 0 Å². The number of nitriles is 1. The Morgan fingerprint density at radius 3 is 2.70 bits per heavy atom. The first-order valence-electron chi connectivity index (χ1n) is 3.84. The first kappa shape index (κ1) is 7.56. The Hall–Kier alpha value is -0.550. The summed E-state index contributed by atoms with van der Waals surface area (Å²) < 4.78 is 0. The van der Waals surface area contributed by atoms with Gasteiger partial charge >= 0.3 is 0 Å². The fraction of sp³-hybridized carbons (Fsp3) is 0.750. The molecule has 0 N–H and O–H groups in total. The quantitative estimate of drug-likeness (QED) is 0.571. The molecule has 0 aromatic rings. The number of hydrogen-bond acceptors (Lipinski definition) is 2. The highest BCUT2D eigenvalue weighted by molar-refractivity contribution is 4.79. The number of nitrogens with zero attached hydrogens (tertiary/aromatic N) is 2. The molecule has 0 atom stereocenters. The fourth-order valence-corrected chi connectivity index (χ4v) is 1.24. The Bertz CT molecular complexity index is 120. The van der Waals surface area contributed by atoms with Gasteiger partial charge in [-0.1, -0.05) is 0 Å². The average molecular weight is 137 g/mol. The molecule has 1 radical (unpaired) electrons. The summed E-state index contributed by atoms with van der Waals surface area (Å²) in [7, 11) is 0. The van der Waals surface area contributed by atoms with Gasteiger partial charge < -0.3 is 4.90 Å². The summed E-state index contributed by atoms with van der Waals surface area (Å²) in [6.45, 7) is 3.27. The van der Waals surface area contributed by atoms with Gasteiger partial charge in [0.1, 0.15) is 0 Å². The largest absolute Gasteiger partial charge is 0.302 e. The Balaban J connectivity index is 2.09. The van der Waals surface area contributed by atoms with E-state index in [1.807, 2.05) is 0 Å². The highest BCUT2D eigenvalue weighted by atomic mass is 15.1. The highest BCUT2D eigenvalue weighted by Crippen LogP contribution is 2.06. The second kappa shape index (κ2) is 4.29. The number of rotatable bonds is 2. The zero-order chi connectivity index (χ0) is 7.23. The van der Waals surface area contributed by atoms with Gasteiger partial charge in [0.25, 0.3) is 0 Å². The summed E-state index contributed by atoms with van der Waals surface area (Å²) in [5.41, 5.74) is 0. The molecule has 1 aliphatic rings. The van der Waals surface area contributed by atoms with Crippen LogP contribution in [0.15, 0.2) is 0 Å². The van der Waals surface area contributed by atoms with Crippen molar-refractivity contribution < 1.29 is 0 Å². The van der Waals surface area contributed by atoms with Crippen molar-refractivity contribution >= 4 is 0 Å². The van der Waals surface area contributed by atoms with Crippen molar-refractivity contribution in [2.24, 2.45) is 0 Å². The lowest BCUT2D eigenvalue weighted by Gasteiger charge is -2.24. The van der Waals surface area contributed by atoms with Crippen LogP contribution in [0.5, 0.6) is 0 Å². The van der Waals surface area contributed by atoms with Gasteiger partial charge in [-0.25, -0.2) is 0 Å². The zero-order valence-electron chi connectivity index (χ0n) is 6.21. The van der Waals surface area contributed by atoms with E-state index in [-0.39, 0.29) is 0 Å². The lowest BCUT2D eigenvalue weighted by Crippen LogP contribution is -2.30. The maximum atomic E-state index is 8.31. The van der Waals surface area contributed by atoms with Gasteiger partial charge in [0.15, 0.2) is 0 Å². The third-order valence-corrected chi connectivity index (χ3v) is 1.84. The second-order valence-electron chi connectivity index (χ2n) is 2.62. The molecule has 1 rings (SSSR count). The summed E-state index contributed by atoms with van der Waals surface area (Å²) in [5, 5.41) is 8.31. The average Bonchev–Trinajstić information content (AvgIpc) is 2.03. The lowest BCUT2D eigenvalue weighted by molar-refractivity contribution is 0.260. The Kier molecular flexibility index (Phi) is 3.25. The third kappa shape index (κ3) is 2.36. The minimum absolute atomic E-state index is 0.681. The number of likely N-dealkylation sites (tertiary alicyclic amines) is 1. The van der Waals surface area contributed by atoms with Crippen LogP contribution in [0.25, 0.3) is 0 Å². The van der Waals surface area contributed by atoms with Crippen LogP contribution < -0.4 is 0 Å². The molecule has 10 heavy (non-hydrogen) atoms. The Morgan fingerprint density at radius 1 is 1.40 bits per heavy atom. The molecule has 1 aliphatic heterocycles. The number of hydrogen-bond donors (Lipinski definition) is 0. The smallest absolute Gasteiger partial charge is 0.0635 e. The van der Waals surface area contributed by atoms with Gasteiger partial charge in [0.2, 0.25) is 0 Å². The molecule has 0 aromatic carbocycles. The van der Waals surface area contributed by atoms with E-state index in [2.05, 4.69) is 17.4 Å². The molecule has 1 fully saturated rings. The summed E-state index contributed by atoms with van der Waals surface area (Å²) in [4.78, 5) is 2.35. The molecule has 2 nitrogen and oxygen atoms in total. The first-order chi connectivity index (χ1) is 4.93. The molecule has 0 unspecified atom stereocenters. The zero-order valence-corrected chi connectivity index (χ0v) is 6.21. The van der Waals surface area contributed by atoms with Crippen molar-refractivity contribution in [2.75, 3.05) is 19.6 Å². The normalized spacial score (nSPS) is 20.3. The summed E-state index contributed by atoms with van der Waals surface area (Å²) in [5.74, 6) is 0. The molecule has 1 saturated heterocycles. The second-order valence-corrected chi connectivity index (χ2v) is 2.62. The van der Waals surface area contributed by atoms with Crippen LogP contribution in [0.2, 0.25) is 0 Å². The molecular formula is C8H13N2. The van der Waals surface area contributed by atoms with Crippen LogP contribution in [-0.2, 0) is 0 Å². The first-order valence-corrected chi connectivity index (χ1v) is 3.84.